The lowest BCUT2D eigenvalue weighted by Gasteiger charge is -2.18. The first-order valence-corrected chi connectivity index (χ1v) is 6.43. The van der Waals surface area contributed by atoms with E-state index in [1.807, 2.05) is 0 Å². The maximum atomic E-state index is 12.2. The standard InChI is InChI=1S/C14H21F2NO/c1-3-4-5-8-11(2)17-12-9-6-7-10-13(12)18-14(15)16/h6-7,9-11,14,17H,3-5,8H2,1-2H3. The average molecular weight is 257 g/mol. The number of hydrogen-bond donors (Lipinski definition) is 1. The minimum atomic E-state index is -2.79. The van der Waals surface area contributed by atoms with Crippen LogP contribution in [-0.4, -0.2) is 12.7 Å². The third kappa shape index (κ3) is 5.34. The van der Waals surface area contributed by atoms with Crippen molar-refractivity contribution in [2.45, 2.75) is 52.2 Å². The molecule has 0 aliphatic carbocycles. The fourth-order valence-electron chi connectivity index (χ4n) is 1.82. The van der Waals surface area contributed by atoms with Crippen LogP contribution in [0.25, 0.3) is 0 Å². The van der Waals surface area contributed by atoms with Gasteiger partial charge < -0.3 is 10.1 Å². The first-order chi connectivity index (χ1) is 8.63. The van der Waals surface area contributed by atoms with Crippen LogP contribution in [0.4, 0.5) is 14.5 Å². The highest BCUT2D eigenvalue weighted by atomic mass is 19.3. The van der Waals surface area contributed by atoms with Crippen LogP contribution < -0.4 is 10.1 Å². The molecule has 1 rings (SSSR count). The Morgan fingerprint density at radius 3 is 2.61 bits per heavy atom. The summed E-state index contributed by atoms with van der Waals surface area (Å²) >= 11 is 0. The van der Waals surface area contributed by atoms with Gasteiger partial charge in [-0.15, -0.1) is 0 Å². The van der Waals surface area contributed by atoms with E-state index < -0.39 is 6.61 Å². The number of para-hydroxylation sites is 2. The molecule has 0 radical (unpaired) electrons. The van der Waals surface area contributed by atoms with Crippen molar-refractivity contribution in [3.63, 3.8) is 0 Å². The van der Waals surface area contributed by atoms with Gasteiger partial charge in [0.1, 0.15) is 5.75 Å². The zero-order chi connectivity index (χ0) is 13.4. The summed E-state index contributed by atoms with van der Waals surface area (Å²) < 4.78 is 28.9. The van der Waals surface area contributed by atoms with Crippen LogP contribution in [0.15, 0.2) is 24.3 Å². The molecule has 0 aromatic heterocycles. The van der Waals surface area contributed by atoms with Crippen molar-refractivity contribution in [2.75, 3.05) is 5.32 Å². The molecule has 1 aromatic rings. The van der Waals surface area contributed by atoms with E-state index in [1.54, 1.807) is 24.3 Å². The minimum Gasteiger partial charge on any atom is -0.433 e. The lowest BCUT2D eigenvalue weighted by atomic mass is 10.1. The number of ether oxygens (including phenoxy) is 1. The van der Waals surface area contributed by atoms with Crippen LogP contribution >= 0.6 is 0 Å². The van der Waals surface area contributed by atoms with Crippen LogP contribution in [0, 0.1) is 0 Å². The Balaban J connectivity index is 2.54. The van der Waals surface area contributed by atoms with Gasteiger partial charge in [-0.25, -0.2) is 0 Å². The topological polar surface area (TPSA) is 21.3 Å². The van der Waals surface area contributed by atoms with Crippen LogP contribution in [0.3, 0.4) is 0 Å². The normalized spacial score (nSPS) is 12.5. The molecule has 0 saturated heterocycles. The predicted octanol–water partition coefficient (Wildman–Crippen LogP) is 4.67. The summed E-state index contributed by atoms with van der Waals surface area (Å²) in [5.74, 6) is 0.204. The highest BCUT2D eigenvalue weighted by Crippen LogP contribution is 2.26. The van der Waals surface area contributed by atoms with Gasteiger partial charge in [0.15, 0.2) is 0 Å². The van der Waals surface area contributed by atoms with E-state index >= 15 is 0 Å². The largest absolute Gasteiger partial charge is 0.433 e. The summed E-state index contributed by atoms with van der Waals surface area (Å²) in [5.41, 5.74) is 0.627. The van der Waals surface area contributed by atoms with Gasteiger partial charge >= 0.3 is 6.61 Å². The molecule has 1 atom stereocenters. The summed E-state index contributed by atoms with van der Waals surface area (Å²) in [5, 5.41) is 3.22. The van der Waals surface area contributed by atoms with Crippen molar-refractivity contribution in [3.05, 3.63) is 24.3 Å². The van der Waals surface area contributed by atoms with Gasteiger partial charge in [0, 0.05) is 6.04 Å². The zero-order valence-electron chi connectivity index (χ0n) is 11.0. The monoisotopic (exact) mass is 257 g/mol. The number of alkyl halides is 2. The van der Waals surface area contributed by atoms with E-state index in [4.69, 9.17) is 0 Å². The molecule has 0 spiro atoms. The van der Waals surface area contributed by atoms with E-state index in [9.17, 15) is 8.78 Å². The summed E-state index contributed by atoms with van der Waals surface area (Å²) in [6, 6.07) is 7.05. The molecule has 0 aliphatic rings. The molecule has 0 aliphatic heterocycles. The molecule has 1 unspecified atom stereocenters. The molecular weight excluding hydrogens is 236 g/mol. The van der Waals surface area contributed by atoms with Gasteiger partial charge in [0.25, 0.3) is 0 Å². The number of unbranched alkanes of at least 4 members (excludes halogenated alkanes) is 2. The number of benzene rings is 1. The Morgan fingerprint density at radius 1 is 1.22 bits per heavy atom. The van der Waals surface area contributed by atoms with E-state index in [0.717, 1.165) is 12.8 Å². The van der Waals surface area contributed by atoms with Crippen LogP contribution in [0.2, 0.25) is 0 Å². The van der Waals surface area contributed by atoms with Gasteiger partial charge in [-0.1, -0.05) is 38.3 Å². The number of nitrogens with one attached hydrogen (secondary N) is 1. The van der Waals surface area contributed by atoms with Gasteiger partial charge in [-0.2, -0.15) is 8.78 Å². The number of hydrogen-bond acceptors (Lipinski definition) is 2. The molecule has 18 heavy (non-hydrogen) atoms. The number of anilines is 1. The quantitative estimate of drug-likeness (QED) is 0.683. The lowest BCUT2D eigenvalue weighted by molar-refractivity contribution is -0.0493. The van der Waals surface area contributed by atoms with Gasteiger partial charge in [0.05, 0.1) is 5.69 Å². The summed E-state index contributed by atoms with van der Waals surface area (Å²) in [6.07, 6.45) is 4.54. The molecule has 1 aromatic carbocycles. The molecule has 102 valence electrons. The second-order valence-electron chi connectivity index (χ2n) is 4.42. The SMILES string of the molecule is CCCCCC(C)Nc1ccccc1OC(F)F. The lowest BCUT2D eigenvalue weighted by Crippen LogP contribution is -2.16. The molecule has 0 heterocycles. The van der Waals surface area contributed by atoms with Crippen molar-refractivity contribution >= 4 is 5.69 Å². The second kappa shape index (κ2) is 7.90. The molecule has 0 bridgehead atoms. The summed E-state index contributed by atoms with van der Waals surface area (Å²) in [4.78, 5) is 0. The average Bonchev–Trinajstić information content (AvgIpc) is 2.31. The molecule has 0 amide bonds. The molecule has 4 heteroatoms. The number of halogens is 2. The second-order valence-corrected chi connectivity index (χ2v) is 4.42. The van der Waals surface area contributed by atoms with Gasteiger partial charge in [0.2, 0.25) is 0 Å². The fourth-order valence-corrected chi connectivity index (χ4v) is 1.82. The van der Waals surface area contributed by atoms with E-state index in [2.05, 4.69) is 23.9 Å². The third-order valence-corrected chi connectivity index (χ3v) is 2.75. The maximum absolute atomic E-state index is 12.2. The highest BCUT2D eigenvalue weighted by molar-refractivity contribution is 5.56. The first kappa shape index (κ1) is 14.7. The fraction of sp³-hybridized carbons (Fsp3) is 0.571. The van der Waals surface area contributed by atoms with Crippen molar-refractivity contribution in [2.24, 2.45) is 0 Å². The Kier molecular flexibility index (Phi) is 6.47. The molecule has 1 N–H and O–H groups in total. The molecule has 0 saturated carbocycles. The highest BCUT2D eigenvalue weighted by Gasteiger charge is 2.10. The van der Waals surface area contributed by atoms with Gasteiger partial charge in [-0.3, -0.25) is 0 Å². The Labute approximate surface area is 107 Å². The number of rotatable bonds is 8. The van der Waals surface area contributed by atoms with Crippen LogP contribution in [0.5, 0.6) is 5.75 Å². The predicted molar refractivity (Wildman–Crippen MR) is 70.3 cm³/mol. The minimum absolute atomic E-state index is 0.204. The van der Waals surface area contributed by atoms with Crippen LogP contribution in [-0.2, 0) is 0 Å². The smallest absolute Gasteiger partial charge is 0.387 e. The Morgan fingerprint density at radius 2 is 1.94 bits per heavy atom. The van der Waals surface area contributed by atoms with E-state index in [-0.39, 0.29) is 11.8 Å². The van der Waals surface area contributed by atoms with E-state index in [0.29, 0.717) is 5.69 Å². The van der Waals surface area contributed by atoms with Crippen LogP contribution in [0.1, 0.15) is 39.5 Å². The summed E-state index contributed by atoms with van der Waals surface area (Å²) in [7, 11) is 0. The van der Waals surface area contributed by atoms with Crippen molar-refractivity contribution in [3.8, 4) is 5.75 Å². The molecule has 0 fully saturated rings. The third-order valence-electron chi connectivity index (χ3n) is 2.75. The Hall–Kier alpha value is -1.32. The van der Waals surface area contributed by atoms with Crippen molar-refractivity contribution < 1.29 is 13.5 Å². The van der Waals surface area contributed by atoms with Crippen molar-refractivity contribution in [1.82, 2.24) is 0 Å². The van der Waals surface area contributed by atoms with E-state index in [1.165, 1.54) is 12.8 Å². The zero-order valence-corrected chi connectivity index (χ0v) is 11.0. The molecule has 2 nitrogen and oxygen atoms in total. The maximum Gasteiger partial charge on any atom is 0.387 e. The Bertz CT molecular complexity index is 344. The summed E-state index contributed by atoms with van der Waals surface area (Å²) in [6.45, 7) is 1.42. The van der Waals surface area contributed by atoms with Crippen molar-refractivity contribution in [1.29, 1.82) is 0 Å². The first-order valence-electron chi connectivity index (χ1n) is 6.43. The van der Waals surface area contributed by atoms with Gasteiger partial charge in [-0.05, 0) is 25.5 Å². The molecular formula is C14H21F2NO.